The summed E-state index contributed by atoms with van der Waals surface area (Å²) in [5.41, 5.74) is 0.733. The highest BCUT2D eigenvalue weighted by Crippen LogP contribution is 2.25. The number of anilines is 1. The zero-order valence-corrected chi connectivity index (χ0v) is 14.0. The number of rotatable bonds is 8. The summed E-state index contributed by atoms with van der Waals surface area (Å²) in [5.74, 6) is 0.194. The van der Waals surface area contributed by atoms with Gasteiger partial charge in [-0.1, -0.05) is 6.92 Å². The van der Waals surface area contributed by atoms with Crippen molar-refractivity contribution in [3.05, 3.63) is 24.3 Å². The normalized spacial score (nSPS) is 16.4. The summed E-state index contributed by atoms with van der Waals surface area (Å²) < 4.78 is 10.8. The highest BCUT2D eigenvalue weighted by atomic mass is 16.5. The molecule has 0 aliphatic carbocycles. The summed E-state index contributed by atoms with van der Waals surface area (Å²) in [7, 11) is 0. The molecule has 1 aliphatic heterocycles. The van der Waals surface area contributed by atoms with Crippen molar-refractivity contribution in [3.8, 4) is 5.75 Å². The average molecular weight is 335 g/mol. The zero-order chi connectivity index (χ0) is 17.4. The van der Waals surface area contributed by atoms with Gasteiger partial charge in [-0.05, 0) is 49.4 Å². The number of amides is 1. The van der Waals surface area contributed by atoms with E-state index >= 15 is 0 Å². The van der Waals surface area contributed by atoms with Crippen LogP contribution in [0, 0.1) is 11.8 Å². The smallest absolute Gasteiger partial charge is 0.303 e. The lowest BCUT2D eigenvalue weighted by Crippen LogP contribution is -2.30. The Balaban J connectivity index is 1.77. The molecule has 1 aromatic rings. The Labute approximate surface area is 142 Å². The minimum absolute atomic E-state index is 0.0250. The van der Waals surface area contributed by atoms with E-state index in [-0.39, 0.29) is 18.2 Å². The van der Waals surface area contributed by atoms with E-state index in [4.69, 9.17) is 14.6 Å². The van der Waals surface area contributed by atoms with Gasteiger partial charge in [-0.2, -0.15) is 0 Å². The van der Waals surface area contributed by atoms with E-state index in [0.717, 1.165) is 31.7 Å². The fourth-order valence-electron chi connectivity index (χ4n) is 2.73. The zero-order valence-electron chi connectivity index (χ0n) is 14.0. The summed E-state index contributed by atoms with van der Waals surface area (Å²) in [4.78, 5) is 22.8. The number of carbonyl (C=O) groups is 2. The molecule has 0 bridgehead atoms. The van der Waals surface area contributed by atoms with Gasteiger partial charge in [0.15, 0.2) is 0 Å². The number of benzene rings is 1. The highest BCUT2D eigenvalue weighted by Gasteiger charge is 2.25. The first-order chi connectivity index (χ1) is 11.6. The van der Waals surface area contributed by atoms with E-state index in [9.17, 15) is 9.59 Å². The summed E-state index contributed by atoms with van der Waals surface area (Å²) >= 11 is 0. The number of hydrogen-bond donors (Lipinski definition) is 2. The van der Waals surface area contributed by atoms with E-state index in [2.05, 4.69) is 5.32 Å². The van der Waals surface area contributed by atoms with Crippen molar-refractivity contribution in [1.29, 1.82) is 0 Å². The quantitative estimate of drug-likeness (QED) is 0.714. The molecule has 1 saturated heterocycles. The van der Waals surface area contributed by atoms with E-state index < -0.39 is 5.97 Å². The third-order valence-electron chi connectivity index (χ3n) is 4.31. The molecule has 1 unspecified atom stereocenters. The third kappa shape index (κ3) is 5.85. The first-order valence-corrected chi connectivity index (χ1v) is 8.39. The van der Waals surface area contributed by atoms with Gasteiger partial charge < -0.3 is 19.9 Å². The lowest BCUT2D eigenvalue weighted by molar-refractivity contribution is -0.137. The second-order valence-electron chi connectivity index (χ2n) is 6.10. The van der Waals surface area contributed by atoms with Crippen molar-refractivity contribution >= 4 is 17.6 Å². The second kappa shape index (κ2) is 9.27. The number of carboxylic acids is 1. The van der Waals surface area contributed by atoms with Gasteiger partial charge in [-0.15, -0.1) is 0 Å². The summed E-state index contributed by atoms with van der Waals surface area (Å²) in [6.45, 7) is 3.79. The van der Waals surface area contributed by atoms with Gasteiger partial charge in [-0.25, -0.2) is 0 Å². The molecule has 24 heavy (non-hydrogen) atoms. The predicted octanol–water partition coefficient (Wildman–Crippen LogP) is 2.93. The molecule has 1 amide bonds. The van der Waals surface area contributed by atoms with Crippen LogP contribution in [0.1, 0.15) is 32.6 Å². The molecule has 2 rings (SSSR count). The Morgan fingerprint density at radius 3 is 2.58 bits per heavy atom. The van der Waals surface area contributed by atoms with E-state index in [1.807, 2.05) is 6.92 Å². The molecule has 0 spiro atoms. The Morgan fingerprint density at radius 1 is 1.29 bits per heavy atom. The molecule has 1 aromatic carbocycles. The number of carbonyl (C=O) groups excluding carboxylic acids is 1. The van der Waals surface area contributed by atoms with Crippen molar-refractivity contribution in [2.45, 2.75) is 32.6 Å². The minimum Gasteiger partial charge on any atom is -0.494 e. The maximum Gasteiger partial charge on any atom is 0.303 e. The van der Waals surface area contributed by atoms with Gasteiger partial charge in [0, 0.05) is 31.2 Å². The van der Waals surface area contributed by atoms with Crippen molar-refractivity contribution in [2.75, 3.05) is 25.1 Å². The molecule has 6 heteroatoms. The fraction of sp³-hybridized carbons (Fsp3) is 0.556. The third-order valence-corrected chi connectivity index (χ3v) is 4.31. The molecule has 0 radical (unpaired) electrons. The molecular weight excluding hydrogens is 310 g/mol. The van der Waals surface area contributed by atoms with Crippen LogP contribution in [-0.2, 0) is 14.3 Å². The molecule has 1 atom stereocenters. The van der Waals surface area contributed by atoms with Crippen LogP contribution < -0.4 is 10.1 Å². The van der Waals surface area contributed by atoms with Gasteiger partial charge in [-0.3, -0.25) is 9.59 Å². The Morgan fingerprint density at radius 2 is 1.96 bits per heavy atom. The number of carboxylic acid groups (broad SMARTS) is 1. The molecular formula is C18H25NO5. The topological polar surface area (TPSA) is 84.9 Å². The molecule has 2 N–H and O–H groups in total. The molecule has 0 aromatic heterocycles. The monoisotopic (exact) mass is 335 g/mol. The Kier molecular flexibility index (Phi) is 7.06. The summed E-state index contributed by atoms with van der Waals surface area (Å²) in [6.07, 6.45) is 2.42. The van der Waals surface area contributed by atoms with Gasteiger partial charge >= 0.3 is 5.97 Å². The summed E-state index contributed by atoms with van der Waals surface area (Å²) in [5, 5.41) is 11.5. The van der Waals surface area contributed by atoms with Gasteiger partial charge in [0.2, 0.25) is 5.91 Å². The fourth-order valence-corrected chi connectivity index (χ4v) is 2.73. The SMILES string of the molecule is CC(C(=O)Nc1ccc(OCCCC(=O)O)cc1)C1CCOCC1. The van der Waals surface area contributed by atoms with Crippen LogP contribution in [-0.4, -0.2) is 36.8 Å². The molecule has 0 saturated carbocycles. The maximum absolute atomic E-state index is 12.3. The van der Waals surface area contributed by atoms with Crippen molar-refractivity contribution in [3.63, 3.8) is 0 Å². The molecule has 1 fully saturated rings. The number of ether oxygens (including phenoxy) is 2. The first-order valence-electron chi connectivity index (χ1n) is 8.39. The van der Waals surface area contributed by atoms with Gasteiger partial charge in [0.05, 0.1) is 6.61 Å². The Hall–Kier alpha value is -2.08. The molecule has 1 aliphatic rings. The maximum atomic E-state index is 12.3. The lowest BCUT2D eigenvalue weighted by Gasteiger charge is -2.26. The minimum atomic E-state index is -0.824. The van der Waals surface area contributed by atoms with Crippen molar-refractivity contribution < 1.29 is 24.2 Å². The van der Waals surface area contributed by atoms with Crippen LogP contribution in [0.3, 0.4) is 0 Å². The van der Waals surface area contributed by atoms with E-state index in [0.29, 0.717) is 24.7 Å². The van der Waals surface area contributed by atoms with Crippen molar-refractivity contribution in [2.24, 2.45) is 11.8 Å². The predicted molar refractivity (Wildman–Crippen MR) is 90.1 cm³/mol. The van der Waals surface area contributed by atoms with Crippen LogP contribution in [0.25, 0.3) is 0 Å². The van der Waals surface area contributed by atoms with Crippen molar-refractivity contribution in [1.82, 2.24) is 0 Å². The summed E-state index contributed by atoms with van der Waals surface area (Å²) in [6, 6.07) is 7.13. The second-order valence-corrected chi connectivity index (χ2v) is 6.10. The number of hydrogen-bond acceptors (Lipinski definition) is 4. The van der Waals surface area contributed by atoms with Crippen LogP contribution in [0.4, 0.5) is 5.69 Å². The van der Waals surface area contributed by atoms with Gasteiger partial charge in [0.25, 0.3) is 0 Å². The Bertz CT molecular complexity index is 537. The van der Waals surface area contributed by atoms with Crippen LogP contribution in [0.5, 0.6) is 5.75 Å². The average Bonchev–Trinajstić information content (AvgIpc) is 2.60. The first kappa shape index (κ1) is 18.3. The van der Waals surface area contributed by atoms with Crippen LogP contribution in [0.2, 0.25) is 0 Å². The standard InChI is InChI=1S/C18H25NO5/c1-13(14-8-11-23-12-9-14)18(22)19-15-4-6-16(7-5-15)24-10-2-3-17(20)21/h4-7,13-14H,2-3,8-12H2,1H3,(H,19,22)(H,20,21). The highest BCUT2D eigenvalue weighted by molar-refractivity contribution is 5.92. The largest absolute Gasteiger partial charge is 0.494 e. The van der Waals surface area contributed by atoms with E-state index in [1.54, 1.807) is 24.3 Å². The number of nitrogens with one attached hydrogen (secondary N) is 1. The lowest BCUT2D eigenvalue weighted by atomic mass is 9.87. The van der Waals surface area contributed by atoms with Crippen LogP contribution in [0.15, 0.2) is 24.3 Å². The molecule has 6 nitrogen and oxygen atoms in total. The molecule has 1 heterocycles. The van der Waals surface area contributed by atoms with Gasteiger partial charge in [0.1, 0.15) is 5.75 Å². The van der Waals surface area contributed by atoms with E-state index in [1.165, 1.54) is 0 Å². The number of aliphatic carboxylic acids is 1. The molecule has 132 valence electrons. The van der Waals surface area contributed by atoms with Crippen LogP contribution >= 0.6 is 0 Å².